The maximum atomic E-state index is 5.38. The third kappa shape index (κ3) is 2.83. The Kier molecular flexibility index (Phi) is 4.32. The highest BCUT2D eigenvalue weighted by atomic mass is 16.5. The van der Waals surface area contributed by atoms with Gasteiger partial charge in [0.25, 0.3) is 0 Å². The van der Waals surface area contributed by atoms with Crippen LogP contribution in [0.4, 0.5) is 0 Å². The zero-order valence-corrected chi connectivity index (χ0v) is 17.6. The van der Waals surface area contributed by atoms with Crippen molar-refractivity contribution in [2.75, 3.05) is 7.11 Å². The van der Waals surface area contributed by atoms with Crippen LogP contribution in [0.3, 0.4) is 0 Å². The lowest BCUT2D eigenvalue weighted by molar-refractivity contribution is 0.415. The van der Waals surface area contributed by atoms with E-state index < -0.39 is 0 Å². The van der Waals surface area contributed by atoms with E-state index in [1.165, 1.54) is 38.2 Å². The molecule has 0 aliphatic rings. The molecule has 0 bridgehead atoms. The Morgan fingerprint density at radius 2 is 1.19 bits per heavy atom. The minimum Gasteiger partial charge on any atom is -0.497 e. The number of rotatable bonds is 3. The van der Waals surface area contributed by atoms with Crippen LogP contribution in [0.5, 0.6) is 5.75 Å². The first-order valence-electron chi connectivity index (χ1n) is 10.6. The van der Waals surface area contributed by atoms with E-state index in [2.05, 4.69) is 71.7 Å². The second kappa shape index (κ2) is 7.47. The summed E-state index contributed by atoms with van der Waals surface area (Å²) in [5, 5.41) is 4.84. The maximum absolute atomic E-state index is 5.38. The van der Waals surface area contributed by atoms with Crippen molar-refractivity contribution in [3.05, 3.63) is 103 Å². The number of benzene rings is 4. The van der Waals surface area contributed by atoms with Gasteiger partial charge in [-0.1, -0.05) is 60.7 Å². The molecule has 3 heteroatoms. The molecule has 0 N–H and O–H groups in total. The van der Waals surface area contributed by atoms with Gasteiger partial charge < -0.3 is 4.74 Å². The molecule has 0 radical (unpaired) electrons. The van der Waals surface area contributed by atoms with E-state index >= 15 is 0 Å². The van der Waals surface area contributed by atoms with Crippen LogP contribution in [0.15, 0.2) is 103 Å². The normalized spacial score (nSPS) is 11.3. The summed E-state index contributed by atoms with van der Waals surface area (Å²) in [4.78, 5) is 9.23. The molecule has 0 saturated carbocycles. The fourth-order valence-electron chi connectivity index (χ4n) is 4.67. The van der Waals surface area contributed by atoms with E-state index in [-0.39, 0.29) is 0 Å². The number of pyridine rings is 2. The highest BCUT2D eigenvalue weighted by molar-refractivity contribution is 6.23. The van der Waals surface area contributed by atoms with E-state index in [9.17, 15) is 0 Å². The summed E-state index contributed by atoms with van der Waals surface area (Å²) >= 11 is 0. The first kappa shape index (κ1) is 18.5. The van der Waals surface area contributed by atoms with Crippen molar-refractivity contribution in [2.45, 2.75) is 0 Å². The van der Waals surface area contributed by atoms with Crippen molar-refractivity contribution in [1.82, 2.24) is 9.97 Å². The van der Waals surface area contributed by atoms with Crippen molar-refractivity contribution in [3.8, 4) is 28.0 Å². The SMILES string of the molecule is COc1ccc(-c2c3ccccc3c(-c3ccnc4cccnc34)c3ccccc23)cc1. The zero-order chi connectivity index (χ0) is 21.5. The van der Waals surface area contributed by atoms with Crippen LogP contribution in [0, 0.1) is 0 Å². The summed E-state index contributed by atoms with van der Waals surface area (Å²) in [5.74, 6) is 0.855. The first-order valence-corrected chi connectivity index (χ1v) is 10.6. The average Bonchev–Trinajstić information content (AvgIpc) is 2.87. The Balaban J connectivity index is 1.78. The lowest BCUT2D eigenvalue weighted by Gasteiger charge is -2.18. The van der Waals surface area contributed by atoms with Gasteiger partial charge in [0.15, 0.2) is 0 Å². The Labute approximate surface area is 186 Å². The van der Waals surface area contributed by atoms with Crippen LogP contribution in [0.25, 0.3) is 54.8 Å². The molecular weight excluding hydrogens is 392 g/mol. The highest BCUT2D eigenvalue weighted by Gasteiger charge is 2.18. The number of ether oxygens (including phenoxy) is 1. The van der Waals surface area contributed by atoms with Gasteiger partial charge in [-0.05, 0) is 68.6 Å². The minimum atomic E-state index is 0.855. The lowest BCUT2D eigenvalue weighted by atomic mass is 9.86. The summed E-state index contributed by atoms with van der Waals surface area (Å²) in [6, 6.07) is 31.6. The molecule has 3 nitrogen and oxygen atoms in total. The smallest absolute Gasteiger partial charge is 0.118 e. The molecule has 0 saturated heterocycles. The van der Waals surface area contributed by atoms with Crippen molar-refractivity contribution in [3.63, 3.8) is 0 Å². The molecule has 6 rings (SSSR count). The summed E-state index contributed by atoms with van der Waals surface area (Å²) in [5.41, 5.74) is 6.51. The van der Waals surface area contributed by atoms with E-state index in [0.29, 0.717) is 0 Å². The van der Waals surface area contributed by atoms with E-state index in [0.717, 1.165) is 22.3 Å². The van der Waals surface area contributed by atoms with Crippen molar-refractivity contribution in [2.24, 2.45) is 0 Å². The molecule has 0 spiro atoms. The molecule has 0 atom stereocenters. The van der Waals surface area contributed by atoms with Crippen LogP contribution in [-0.2, 0) is 0 Å². The van der Waals surface area contributed by atoms with Crippen LogP contribution >= 0.6 is 0 Å². The van der Waals surface area contributed by atoms with Gasteiger partial charge in [0.1, 0.15) is 5.75 Å². The van der Waals surface area contributed by atoms with E-state index in [1.54, 1.807) is 7.11 Å². The number of nitrogens with zero attached hydrogens (tertiary/aromatic N) is 2. The molecule has 0 unspecified atom stereocenters. The van der Waals surface area contributed by atoms with E-state index in [4.69, 9.17) is 9.72 Å². The average molecular weight is 412 g/mol. The summed E-state index contributed by atoms with van der Waals surface area (Å²) in [6.45, 7) is 0. The molecule has 0 aliphatic heterocycles. The van der Waals surface area contributed by atoms with Crippen molar-refractivity contribution in [1.29, 1.82) is 0 Å². The predicted molar refractivity (Wildman–Crippen MR) is 132 cm³/mol. The summed E-state index contributed by atoms with van der Waals surface area (Å²) in [7, 11) is 1.70. The maximum Gasteiger partial charge on any atom is 0.118 e. The summed E-state index contributed by atoms with van der Waals surface area (Å²) in [6.07, 6.45) is 3.71. The number of aromatic nitrogens is 2. The van der Waals surface area contributed by atoms with Gasteiger partial charge in [0.2, 0.25) is 0 Å². The van der Waals surface area contributed by atoms with Crippen LogP contribution < -0.4 is 4.74 Å². The fraction of sp³-hybridized carbons (Fsp3) is 0.0345. The predicted octanol–water partition coefficient (Wildman–Crippen LogP) is 7.28. The molecular formula is C29H20N2O. The Bertz CT molecular complexity index is 1540. The second-order valence-corrected chi connectivity index (χ2v) is 7.80. The Hall–Kier alpha value is -4.24. The first-order chi connectivity index (χ1) is 15.8. The molecule has 6 aromatic rings. The van der Waals surface area contributed by atoms with Gasteiger partial charge in [0.05, 0.1) is 18.1 Å². The Morgan fingerprint density at radius 3 is 1.81 bits per heavy atom. The van der Waals surface area contributed by atoms with Gasteiger partial charge in [-0.2, -0.15) is 0 Å². The standard InChI is InChI=1S/C29H20N2O/c1-32-20-14-12-19(13-15-20)27-21-7-2-4-9-23(21)28(24-10-5-3-8-22(24)27)25-16-18-30-26-11-6-17-31-29(25)26/h2-18H,1H3. The molecule has 0 fully saturated rings. The number of methoxy groups -OCH3 is 1. The molecule has 152 valence electrons. The molecule has 0 aliphatic carbocycles. The van der Waals surface area contributed by atoms with Gasteiger partial charge in [-0.25, -0.2) is 0 Å². The molecule has 2 heterocycles. The van der Waals surface area contributed by atoms with Crippen LogP contribution in [0.1, 0.15) is 0 Å². The number of fused-ring (bicyclic) bond motifs is 3. The highest BCUT2D eigenvalue weighted by Crippen LogP contribution is 2.44. The third-order valence-corrected chi connectivity index (χ3v) is 6.08. The molecule has 2 aromatic heterocycles. The monoisotopic (exact) mass is 412 g/mol. The second-order valence-electron chi connectivity index (χ2n) is 7.80. The van der Waals surface area contributed by atoms with Crippen LogP contribution in [-0.4, -0.2) is 17.1 Å². The molecule has 4 aromatic carbocycles. The Morgan fingerprint density at radius 1 is 0.562 bits per heavy atom. The molecule has 32 heavy (non-hydrogen) atoms. The minimum absolute atomic E-state index is 0.855. The van der Waals surface area contributed by atoms with Crippen LogP contribution in [0.2, 0.25) is 0 Å². The fourth-order valence-corrected chi connectivity index (χ4v) is 4.67. The van der Waals surface area contributed by atoms with Gasteiger partial charge >= 0.3 is 0 Å². The summed E-state index contributed by atoms with van der Waals surface area (Å²) < 4.78 is 5.38. The molecule has 0 amide bonds. The van der Waals surface area contributed by atoms with Gasteiger partial charge in [-0.3, -0.25) is 9.97 Å². The van der Waals surface area contributed by atoms with Gasteiger partial charge in [-0.15, -0.1) is 0 Å². The van der Waals surface area contributed by atoms with Crippen molar-refractivity contribution >= 4 is 32.6 Å². The zero-order valence-electron chi connectivity index (χ0n) is 17.6. The quantitative estimate of drug-likeness (QED) is 0.287. The third-order valence-electron chi connectivity index (χ3n) is 6.08. The van der Waals surface area contributed by atoms with Gasteiger partial charge in [0, 0.05) is 18.0 Å². The largest absolute Gasteiger partial charge is 0.497 e. The topological polar surface area (TPSA) is 35.0 Å². The number of hydrogen-bond acceptors (Lipinski definition) is 3. The van der Waals surface area contributed by atoms with Crippen molar-refractivity contribution < 1.29 is 4.74 Å². The number of hydrogen-bond donors (Lipinski definition) is 0. The van der Waals surface area contributed by atoms with E-state index in [1.807, 2.05) is 36.7 Å². The lowest BCUT2D eigenvalue weighted by Crippen LogP contribution is -1.93.